The molecule has 0 aliphatic heterocycles. The van der Waals surface area contributed by atoms with E-state index in [1.807, 2.05) is 24.3 Å². The first kappa shape index (κ1) is 22.1. The van der Waals surface area contributed by atoms with Gasteiger partial charge in [-0.1, -0.05) is 6.07 Å². The molecule has 2 aromatic rings. The minimum atomic E-state index is 0.110. The van der Waals surface area contributed by atoms with Crippen LogP contribution >= 0.6 is 0 Å². The molecule has 6 heteroatoms. The van der Waals surface area contributed by atoms with Crippen LogP contribution in [0.5, 0.6) is 11.5 Å². The predicted molar refractivity (Wildman–Crippen MR) is 119 cm³/mol. The number of carbonyl (C=O) groups is 1. The summed E-state index contributed by atoms with van der Waals surface area (Å²) in [4.78, 5) is 16.5. The van der Waals surface area contributed by atoms with E-state index in [1.54, 1.807) is 26.6 Å². The lowest BCUT2D eigenvalue weighted by atomic mass is 9.81. The van der Waals surface area contributed by atoms with Crippen LogP contribution < -0.4 is 20.1 Å². The summed E-state index contributed by atoms with van der Waals surface area (Å²) in [6, 6.07) is 10.1. The number of benzene rings is 1. The second kappa shape index (κ2) is 11.0. The van der Waals surface area contributed by atoms with Crippen molar-refractivity contribution in [2.75, 3.05) is 26.1 Å². The minimum Gasteiger partial charge on any atom is -0.493 e. The van der Waals surface area contributed by atoms with Gasteiger partial charge in [0.25, 0.3) is 0 Å². The molecule has 1 aromatic carbocycles. The quantitative estimate of drug-likeness (QED) is 0.651. The Balaban J connectivity index is 1.39. The van der Waals surface area contributed by atoms with Crippen LogP contribution in [0.4, 0.5) is 5.69 Å². The first-order chi connectivity index (χ1) is 14.6. The van der Waals surface area contributed by atoms with E-state index in [0.717, 1.165) is 55.8 Å². The highest BCUT2D eigenvalue weighted by Gasteiger charge is 2.26. The molecule has 162 valence electrons. The molecule has 6 nitrogen and oxygen atoms in total. The van der Waals surface area contributed by atoms with Gasteiger partial charge in [0.1, 0.15) is 0 Å². The van der Waals surface area contributed by atoms with Crippen LogP contribution in [-0.2, 0) is 11.2 Å². The first-order valence-electron chi connectivity index (χ1n) is 10.7. The van der Waals surface area contributed by atoms with Crippen LogP contribution in [0.1, 0.15) is 38.2 Å². The van der Waals surface area contributed by atoms with Crippen LogP contribution in [-0.4, -0.2) is 37.7 Å². The molecule has 1 fully saturated rings. The molecule has 1 saturated carbocycles. The second-order valence-electron chi connectivity index (χ2n) is 8.15. The van der Waals surface area contributed by atoms with Gasteiger partial charge in [-0.15, -0.1) is 0 Å². The number of aromatic nitrogens is 1. The maximum atomic E-state index is 12.5. The zero-order chi connectivity index (χ0) is 21.3. The maximum absolute atomic E-state index is 12.5. The summed E-state index contributed by atoms with van der Waals surface area (Å²) in [5.74, 6) is 2.40. The standard InChI is InChI=1S/C24H33N3O3/c1-17(14-19-6-9-22(29-2)23(15-19)30-3)26-16-18-4-7-20(8-5-18)24(28)27-21-10-12-25-13-11-21/h6,9-13,15,17-18,20,26H,4-5,7-8,14,16H2,1-3H3,(H,25,27,28)/t17?,18-,20-. The summed E-state index contributed by atoms with van der Waals surface area (Å²) >= 11 is 0. The summed E-state index contributed by atoms with van der Waals surface area (Å²) in [5.41, 5.74) is 2.05. The molecule has 1 atom stereocenters. The SMILES string of the molecule is COc1ccc(CC(C)NC[C@H]2CC[C@H](C(=O)Nc3ccncc3)CC2)cc1OC. The Morgan fingerprint density at radius 1 is 1.07 bits per heavy atom. The lowest BCUT2D eigenvalue weighted by Gasteiger charge is -2.29. The third-order valence-corrected chi connectivity index (χ3v) is 5.91. The fourth-order valence-corrected chi connectivity index (χ4v) is 4.11. The van der Waals surface area contributed by atoms with Crippen molar-refractivity contribution >= 4 is 11.6 Å². The Kier molecular flexibility index (Phi) is 8.08. The average molecular weight is 412 g/mol. The summed E-state index contributed by atoms with van der Waals surface area (Å²) in [6.45, 7) is 3.21. The van der Waals surface area contributed by atoms with Gasteiger partial charge in [0.15, 0.2) is 11.5 Å². The number of amides is 1. The van der Waals surface area contributed by atoms with E-state index in [9.17, 15) is 4.79 Å². The molecule has 0 saturated heterocycles. The lowest BCUT2D eigenvalue weighted by Crippen LogP contribution is -2.35. The topological polar surface area (TPSA) is 72.5 Å². The maximum Gasteiger partial charge on any atom is 0.227 e. The molecule has 3 rings (SSSR count). The average Bonchev–Trinajstić information content (AvgIpc) is 2.78. The number of ether oxygens (including phenoxy) is 2. The fraction of sp³-hybridized carbons (Fsp3) is 0.500. The minimum absolute atomic E-state index is 0.110. The molecular weight excluding hydrogens is 378 g/mol. The van der Waals surface area contributed by atoms with E-state index in [1.165, 1.54) is 5.56 Å². The van der Waals surface area contributed by atoms with Crippen LogP contribution in [0.15, 0.2) is 42.7 Å². The number of hydrogen-bond acceptors (Lipinski definition) is 5. The highest BCUT2D eigenvalue weighted by atomic mass is 16.5. The summed E-state index contributed by atoms with van der Waals surface area (Å²) in [5, 5.41) is 6.68. The van der Waals surface area contributed by atoms with Gasteiger partial charge in [-0.3, -0.25) is 9.78 Å². The molecule has 1 heterocycles. The number of methoxy groups -OCH3 is 2. The number of pyridine rings is 1. The van der Waals surface area contributed by atoms with E-state index in [2.05, 4.69) is 28.6 Å². The van der Waals surface area contributed by atoms with Crippen molar-refractivity contribution in [3.63, 3.8) is 0 Å². The van der Waals surface area contributed by atoms with Gasteiger partial charge in [0.05, 0.1) is 14.2 Å². The monoisotopic (exact) mass is 411 g/mol. The number of anilines is 1. The second-order valence-corrected chi connectivity index (χ2v) is 8.15. The highest BCUT2D eigenvalue weighted by molar-refractivity contribution is 5.92. The molecule has 1 aliphatic rings. The van der Waals surface area contributed by atoms with Gasteiger partial charge in [-0.05, 0) is 81.3 Å². The Morgan fingerprint density at radius 3 is 2.43 bits per heavy atom. The molecule has 1 aliphatic carbocycles. The molecule has 0 spiro atoms. The number of nitrogens with zero attached hydrogens (tertiary/aromatic N) is 1. The Bertz CT molecular complexity index is 805. The summed E-state index contributed by atoms with van der Waals surface area (Å²) < 4.78 is 10.7. The van der Waals surface area contributed by atoms with Crippen LogP contribution in [0.2, 0.25) is 0 Å². The van der Waals surface area contributed by atoms with Crippen molar-refractivity contribution in [2.45, 2.75) is 45.1 Å². The Labute approximate surface area is 179 Å². The smallest absolute Gasteiger partial charge is 0.227 e. The fourth-order valence-electron chi connectivity index (χ4n) is 4.11. The largest absolute Gasteiger partial charge is 0.493 e. The van der Waals surface area contributed by atoms with E-state index >= 15 is 0 Å². The van der Waals surface area contributed by atoms with E-state index < -0.39 is 0 Å². The van der Waals surface area contributed by atoms with Gasteiger partial charge in [0.2, 0.25) is 5.91 Å². The van der Waals surface area contributed by atoms with Gasteiger partial charge >= 0.3 is 0 Å². The van der Waals surface area contributed by atoms with Crippen LogP contribution in [0.3, 0.4) is 0 Å². The first-order valence-corrected chi connectivity index (χ1v) is 10.7. The van der Waals surface area contributed by atoms with Gasteiger partial charge in [0, 0.05) is 30.0 Å². The normalized spacial score (nSPS) is 19.7. The van der Waals surface area contributed by atoms with Crippen molar-refractivity contribution < 1.29 is 14.3 Å². The van der Waals surface area contributed by atoms with E-state index in [0.29, 0.717) is 12.0 Å². The lowest BCUT2D eigenvalue weighted by molar-refractivity contribution is -0.121. The predicted octanol–water partition coefficient (Wildman–Crippen LogP) is 4.06. The molecule has 1 aromatic heterocycles. The molecule has 0 radical (unpaired) electrons. The summed E-state index contributed by atoms with van der Waals surface area (Å²) in [7, 11) is 3.32. The van der Waals surface area contributed by atoms with Gasteiger partial charge in [-0.25, -0.2) is 0 Å². The molecule has 30 heavy (non-hydrogen) atoms. The Morgan fingerprint density at radius 2 is 1.77 bits per heavy atom. The van der Waals surface area contributed by atoms with Crippen molar-refractivity contribution in [2.24, 2.45) is 11.8 Å². The Hall–Kier alpha value is -2.60. The number of nitrogens with one attached hydrogen (secondary N) is 2. The highest BCUT2D eigenvalue weighted by Crippen LogP contribution is 2.30. The van der Waals surface area contributed by atoms with Crippen molar-refractivity contribution in [1.82, 2.24) is 10.3 Å². The zero-order valence-corrected chi connectivity index (χ0v) is 18.2. The van der Waals surface area contributed by atoms with E-state index in [-0.39, 0.29) is 11.8 Å². The van der Waals surface area contributed by atoms with Gasteiger partial charge in [-0.2, -0.15) is 0 Å². The van der Waals surface area contributed by atoms with Crippen molar-refractivity contribution in [1.29, 1.82) is 0 Å². The molecule has 1 amide bonds. The number of hydrogen-bond donors (Lipinski definition) is 2. The zero-order valence-electron chi connectivity index (χ0n) is 18.2. The molecule has 0 bridgehead atoms. The van der Waals surface area contributed by atoms with Crippen LogP contribution in [0, 0.1) is 11.8 Å². The van der Waals surface area contributed by atoms with Gasteiger partial charge < -0.3 is 20.1 Å². The third kappa shape index (κ3) is 6.20. The molecular formula is C24H33N3O3. The number of carbonyl (C=O) groups excluding carboxylic acids is 1. The molecule has 1 unspecified atom stereocenters. The van der Waals surface area contributed by atoms with Crippen LogP contribution in [0.25, 0.3) is 0 Å². The molecule has 2 N–H and O–H groups in total. The number of rotatable bonds is 9. The summed E-state index contributed by atoms with van der Waals surface area (Å²) in [6.07, 6.45) is 8.41. The van der Waals surface area contributed by atoms with Crippen molar-refractivity contribution in [3.05, 3.63) is 48.3 Å². The van der Waals surface area contributed by atoms with E-state index in [4.69, 9.17) is 9.47 Å². The van der Waals surface area contributed by atoms with Crippen molar-refractivity contribution in [3.8, 4) is 11.5 Å². The third-order valence-electron chi connectivity index (χ3n) is 5.91.